The van der Waals surface area contributed by atoms with E-state index in [1.165, 1.54) is 12.1 Å². The standard InChI is InChI=1S/C13H9F3N2O/c14-8-4-7(5-9(17)6-8)13(19)18-12-10(15)2-1-3-11(12)16/h1-6H,17H2,(H,18,19). The first-order valence-corrected chi connectivity index (χ1v) is 5.29. The molecular formula is C13H9F3N2O. The fourth-order valence-electron chi connectivity index (χ4n) is 1.55. The Morgan fingerprint density at radius 2 is 1.68 bits per heavy atom. The molecule has 0 aliphatic carbocycles. The first-order chi connectivity index (χ1) is 8.97. The zero-order valence-corrected chi connectivity index (χ0v) is 9.58. The molecule has 0 saturated carbocycles. The SMILES string of the molecule is Nc1cc(F)cc(C(=O)Nc2c(F)cccc2F)c1. The highest BCUT2D eigenvalue weighted by molar-refractivity contribution is 6.04. The number of hydrogen-bond donors (Lipinski definition) is 2. The molecule has 1 amide bonds. The highest BCUT2D eigenvalue weighted by Gasteiger charge is 2.14. The van der Waals surface area contributed by atoms with E-state index >= 15 is 0 Å². The Morgan fingerprint density at radius 1 is 1.05 bits per heavy atom. The monoisotopic (exact) mass is 266 g/mol. The number of nitrogens with two attached hydrogens (primary N) is 1. The lowest BCUT2D eigenvalue weighted by atomic mass is 10.1. The number of carbonyl (C=O) groups is 1. The van der Waals surface area contributed by atoms with Gasteiger partial charge in [0.2, 0.25) is 0 Å². The van der Waals surface area contributed by atoms with Gasteiger partial charge in [0.25, 0.3) is 5.91 Å². The molecular weight excluding hydrogens is 257 g/mol. The van der Waals surface area contributed by atoms with Crippen molar-refractivity contribution in [3.8, 4) is 0 Å². The van der Waals surface area contributed by atoms with Crippen molar-refractivity contribution in [1.82, 2.24) is 0 Å². The van der Waals surface area contributed by atoms with Gasteiger partial charge in [0.15, 0.2) is 0 Å². The second-order valence-electron chi connectivity index (χ2n) is 3.82. The Labute approximate surface area is 106 Å². The Balaban J connectivity index is 2.31. The average molecular weight is 266 g/mol. The van der Waals surface area contributed by atoms with Gasteiger partial charge in [0.05, 0.1) is 0 Å². The van der Waals surface area contributed by atoms with Crippen LogP contribution in [0.3, 0.4) is 0 Å². The van der Waals surface area contributed by atoms with Gasteiger partial charge in [0, 0.05) is 11.3 Å². The van der Waals surface area contributed by atoms with Crippen molar-refractivity contribution in [2.45, 2.75) is 0 Å². The molecule has 0 aromatic heterocycles. The van der Waals surface area contributed by atoms with Crippen LogP contribution in [-0.2, 0) is 0 Å². The van der Waals surface area contributed by atoms with Gasteiger partial charge in [-0.25, -0.2) is 13.2 Å². The van der Waals surface area contributed by atoms with E-state index in [1.807, 2.05) is 5.32 Å². The molecule has 0 unspecified atom stereocenters. The number of amides is 1. The highest BCUT2D eigenvalue weighted by Crippen LogP contribution is 2.19. The van der Waals surface area contributed by atoms with Crippen LogP contribution in [0.4, 0.5) is 24.5 Å². The van der Waals surface area contributed by atoms with E-state index in [0.717, 1.165) is 24.3 Å². The number of hydrogen-bond acceptors (Lipinski definition) is 2. The highest BCUT2D eigenvalue weighted by atomic mass is 19.1. The van der Waals surface area contributed by atoms with Crippen molar-refractivity contribution < 1.29 is 18.0 Å². The minimum absolute atomic E-state index is 0.0409. The second kappa shape index (κ2) is 5.01. The summed E-state index contributed by atoms with van der Waals surface area (Å²) in [7, 11) is 0. The van der Waals surface area contributed by atoms with E-state index in [2.05, 4.69) is 0 Å². The molecule has 2 aromatic carbocycles. The number of halogens is 3. The molecule has 0 bridgehead atoms. The van der Waals surface area contributed by atoms with Gasteiger partial charge < -0.3 is 11.1 Å². The normalized spacial score (nSPS) is 10.3. The van der Waals surface area contributed by atoms with Crippen LogP contribution >= 0.6 is 0 Å². The topological polar surface area (TPSA) is 55.1 Å². The zero-order valence-electron chi connectivity index (χ0n) is 9.58. The van der Waals surface area contributed by atoms with E-state index in [1.54, 1.807) is 0 Å². The molecule has 0 spiro atoms. The maximum absolute atomic E-state index is 13.3. The summed E-state index contributed by atoms with van der Waals surface area (Å²) in [4.78, 5) is 11.8. The van der Waals surface area contributed by atoms with Crippen LogP contribution in [0.5, 0.6) is 0 Å². The minimum atomic E-state index is -0.919. The number of nitrogen functional groups attached to an aromatic ring is 1. The number of para-hydroxylation sites is 1. The number of rotatable bonds is 2. The molecule has 0 radical (unpaired) electrons. The molecule has 19 heavy (non-hydrogen) atoms. The van der Waals surface area contributed by atoms with Crippen LogP contribution in [0.2, 0.25) is 0 Å². The summed E-state index contributed by atoms with van der Waals surface area (Å²) < 4.78 is 39.7. The predicted molar refractivity (Wildman–Crippen MR) is 65.1 cm³/mol. The van der Waals surface area contributed by atoms with E-state index in [-0.39, 0.29) is 11.3 Å². The van der Waals surface area contributed by atoms with E-state index < -0.39 is 29.0 Å². The van der Waals surface area contributed by atoms with Crippen LogP contribution in [0, 0.1) is 17.5 Å². The number of carbonyl (C=O) groups excluding carboxylic acids is 1. The van der Waals surface area contributed by atoms with Crippen LogP contribution in [0.15, 0.2) is 36.4 Å². The van der Waals surface area contributed by atoms with Gasteiger partial charge in [-0.05, 0) is 30.3 Å². The molecule has 0 aliphatic rings. The summed E-state index contributed by atoms with van der Waals surface area (Å²) in [6.45, 7) is 0. The molecule has 0 heterocycles. The van der Waals surface area contributed by atoms with Crippen LogP contribution in [0.1, 0.15) is 10.4 Å². The van der Waals surface area contributed by atoms with Gasteiger partial charge in [0.1, 0.15) is 23.1 Å². The van der Waals surface area contributed by atoms with Gasteiger partial charge in [-0.15, -0.1) is 0 Å². The largest absolute Gasteiger partial charge is 0.399 e. The first kappa shape index (κ1) is 12.9. The van der Waals surface area contributed by atoms with Crippen molar-refractivity contribution in [2.75, 3.05) is 11.1 Å². The number of benzene rings is 2. The molecule has 3 N–H and O–H groups in total. The molecule has 2 aromatic rings. The van der Waals surface area contributed by atoms with Gasteiger partial charge in [-0.3, -0.25) is 4.79 Å². The second-order valence-corrected chi connectivity index (χ2v) is 3.82. The van der Waals surface area contributed by atoms with Crippen molar-refractivity contribution in [1.29, 1.82) is 0 Å². The van der Waals surface area contributed by atoms with Crippen molar-refractivity contribution >= 4 is 17.3 Å². The Hall–Kier alpha value is -2.50. The minimum Gasteiger partial charge on any atom is -0.399 e. The van der Waals surface area contributed by atoms with E-state index in [9.17, 15) is 18.0 Å². The summed E-state index contributed by atoms with van der Waals surface area (Å²) in [6, 6.07) is 6.32. The Morgan fingerprint density at radius 3 is 2.26 bits per heavy atom. The fourth-order valence-corrected chi connectivity index (χ4v) is 1.55. The molecule has 98 valence electrons. The van der Waals surface area contributed by atoms with E-state index in [0.29, 0.717) is 0 Å². The summed E-state index contributed by atoms with van der Waals surface area (Å²) >= 11 is 0. The van der Waals surface area contributed by atoms with Gasteiger partial charge in [-0.1, -0.05) is 6.07 Å². The van der Waals surface area contributed by atoms with Crippen LogP contribution < -0.4 is 11.1 Å². The smallest absolute Gasteiger partial charge is 0.255 e. The third-order valence-corrected chi connectivity index (χ3v) is 2.38. The molecule has 2 rings (SSSR count). The van der Waals surface area contributed by atoms with Crippen molar-refractivity contribution in [2.24, 2.45) is 0 Å². The van der Waals surface area contributed by atoms with Crippen LogP contribution in [0.25, 0.3) is 0 Å². The Kier molecular flexibility index (Phi) is 3.41. The van der Waals surface area contributed by atoms with E-state index in [4.69, 9.17) is 5.73 Å². The van der Waals surface area contributed by atoms with Crippen LogP contribution in [-0.4, -0.2) is 5.91 Å². The Bertz CT molecular complexity index is 603. The third kappa shape index (κ3) is 2.85. The summed E-state index contributed by atoms with van der Waals surface area (Å²) in [5.41, 5.74) is 4.71. The third-order valence-electron chi connectivity index (χ3n) is 2.38. The molecule has 0 aliphatic heterocycles. The summed E-state index contributed by atoms with van der Waals surface area (Å²) in [5.74, 6) is -3.40. The lowest BCUT2D eigenvalue weighted by Crippen LogP contribution is -2.14. The maximum atomic E-state index is 13.3. The molecule has 0 atom stereocenters. The van der Waals surface area contributed by atoms with Crippen molar-refractivity contribution in [3.05, 3.63) is 59.4 Å². The zero-order chi connectivity index (χ0) is 14.0. The van der Waals surface area contributed by atoms with Gasteiger partial charge in [-0.2, -0.15) is 0 Å². The average Bonchev–Trinajstić information content (AvgIpc) is 2.32. The maximum Gasteiger partial charge on any atom is 0.255 e. The van der Waals surface area contributed by atoms with Crippen molar-refractivity contribution in [3.63, 3.8) is 0 Å². The summed E-state index contributed by atoms with van der Waals surface area (Å²) in [5, 5.41) is 2.04. The molecule has 3 nitrogen and oxygen atoms in total. The summed E-state index contributed by atoms with van der Waals surface area (Å²) in [6.07, 6.45) is 0. The number of nitrogens with one attached hydrogen (secondary N) is 1. The molecule has 6 heteroatoms. The first-order valence-electron chi connectivity index (χ1n) is 5.29. The molecule has 0 fully saturated rings. The lowest BCUT2D eigenvalue weighted by molar-refractivity contribution is 0.102. The quantitative estimate of drug-likeness (QED) is 0.821. The van der Waals surface area contributed by atoms with Gasteiger partial charge >= 0.3 is 0 Å². The lowest BCUT2D eigenvalue weighted by Gasteiger charge is -2.08. The fraction of sp³-hybridized carbons (Fsp3) is 0. The predicted octanol–water partition coefficient (Wildman–Crippen LogP) is 2.94. The number of anilines is 2. The molecule has 0 saturated heterocycles.